The average Bonchev–Trinajstić information content (AvgIpc) is 3.83. The number of hydrogen-bond donors (Lipinski definition) is 4. The van der Waals surface area contributed by atoms with E-state index in [-0.39, 0.29) is 42.4 Å². The van der Waals surface area contributed by atoms with Crippen LogP contribution in [0.15, 0.2) is 85.2 Å². The topological polar surface area (TPSA) is 146 Å². The van der Waals surface area contributed by atoms with Crippen molar-refractivity contribution in [1.82, 2.24) is 20.0 Å². The van der Waals surface area contributed by atoms with Crippen molar-refractivity contribution < 1.29 is 24.2 Å². The molecule has 2 amide bonds. The molecule has 4 atom stereocenters. The number of para-hydroxylation sites is 2. The minimum absolute atomic E-state index is 0.00205. The fourth-order valence-corrected chi connectivity index (χ4v) is 10.5. The fraction of sp³-hybridized carbons (Fsp3) is 0.351. The first-order chi connectivity index (χ1) is 23.6. The predicted octanol–water partition coefficient (Wildman–Crippen LogP) is 4.91. The normalized spacial score (nSPS) is 21.9. The van der Waals surface area contributed by atoms with E-state index in [1.807, 2.05) is 105 Å². The highest BCUT2D eigenvalue weighted by Gasteiger charge is 2.66. The van der Waals surface area contributed by atoms with Gasteiger partial charge in [-0.2, -0.15) is 0 Å². The lowest BCUT2D eigenvalue weighted by molar-refractivity contribution is -0.146. The maximum absolute atomic E-state index is 14.6. The number of amides is 2. The van der Waals surface area contributed by atoms with E-state index in [9.17, 15) is 19.5 Å². The van der Waals surface area contributed by atoms with Gasteiger partial charge in [0.05, 0.1) is 30.5 Å². The molecule has 49 heavy (non-hydrogen) atoms. The van der Waals surface area contributed by atoms with Crippen LogP contribution in [0.1, 0.15) is 35.7 Å². The van der Waals surface area contributed by atoms with E-state index in [0.717, 1.165) is 33.3 Å². The summed E-state index contributed by atoms with van der Waals surface area (Å²) >= 11 is 0. The van der Waals surface area contributed by atoms with Crippen molar-refractivity contribution in [3.8, 4) is 0 Å². The molecule has 0 aliphatic carbocycles. The number of ether oxygens (including phenoxy) is 1. The molecule has 4 N–H and O–H groups in total. The number of aromatic nitrogens is 4. The van der Waals surface area contributed by atoms with E-state index < -0.39 is 13.9 Å². The van der Waals surface area contributed by atoms with Gasteiger partial charge in [-0.1, -0.05) is 60.7 Å². The Bertz CT molecular complexity index is 1980. The largest absolute Gasteiger partial charge is 0.432 e. The predicted molar refractivity (Wildman–Crippen MR) is 189 cm³/mol. The van der Waals surface area contributed by atoms with Crippen LogP contribution in [0, 0.1) is 5.92 Å². The molecule has 0 radical (unpaired) electrons. The highest BCUT2D eigenvalue weighted by atomic mass is 28.4. The Balaban J connectivity index is 1.08. The Morgan fingerprint density at radius 1 is 1.08 bits per heavy atom. The summed E-state index contributed by atoms with van der Waals surface area (Å²) in [7, 11) is -2.80. The smallest absolute Gasteiger partial charge is 0.264 e. The number of aryl methyl sites for hydroxylation is 1. The third kappa shape index (κ3) is 6.10. The summed E-state index contributed by atoms with van der Waals surface area (Å²) in [5.74, 6) is -0.503. The molecule has 2 aromatic heterocycles. The molecule has 5 aromatic rings. The van der Waals surface area contributed by atoms with Crippen molar-refractivity contribution in [2.75, 3.05) is 16.8 Å². The molecule has 2 aliphatic heterocycles. The van der Waals surface area contributed by atoms with Gasteiger partial charge in [-0.15, -0.1) is 5.10 Å². The number of carbonyl (C=O) groups excluding carboxylic acids is 2. The zero-order chi connectivity index (χ0) is 34.3. The van der Waals surface area contributed by atoms with Crippen LogP contribution in [0.4, 0.5) is 11.4 Å². The number of nitrogens with zero attached hydrogens (tertiary/aromatic N) is 4. The first kappa shape index (κ1) is 32.9. The summed E-state index contributed by atoms with van der Waals surface area (Å²) in [6.45, 7) is 6.72. The quantitative estimate of drug-likeness (QED) is 0.145. The molecule has 254 valence electrons. The summed E-state index contributed by atoms with van der Waals surface area (Å²) in [4.78, 5) is 44.1. The standard InChI is InChI=1S/C37H42N6O5Si/c1-24-35(49(2,3)47)33(16-18-42-23-28(17-19-44)40-41-42)48-37(24)30-9-5-7-11-32(30)43(36(37)46)22-25-12-14-27(15-13-25)39-34(45)20-26-21-38-31-10-6-4-8-29(26)31/h4-15,21,23-24,33,35,38,44,47H,16-20,22H2,1-3H3,(H,39,45)/t24-,33+,35-,37+/m0/s1. The monoisotopic (exact) mass is 678 g/mol. The number of fused-ring (bicyclic) bond motifs is 3. The third-order valence-corrected chi connectivity index (χ3v) is 12.6. The second-order valence-electron chi connectivity index (χ2n) is 13.8. The number of benzene rings is 3. The molecular formula is C37H42N6O5Si. The molecule has 1 spiro atoms. The molecule has 3 aromatic carbocycles. The number of anilines is 2. The van der Waals surface area contributed by atoms with Gasteiger partial charge in [0.25, 0.3) is 5.91 Å². The van der Waals surface area contributed by atoms with Gasteiger partial charge in [0.2, 0.25) is 5.91 Å². The molecule has 12 heteroatoms. The van der Waals surface area contributed by atoms with Crippen molar-refractivity contribution in [3.63, 3.8) is 0 Å². The van der Waals surface area contributed by atoms with E-state index >= 15 is 0 Å². The van der Waals surface area contributed by atoms with Crippen molar-refractivity contribution in [2.45, 2.75) is 69.6 Å². The summed E-state index contributed by atoms with van der Waals surface area (Å²) in [6.07, 6.45) is 4.57. The number of hydrogen-bond acceptors (Lipinski definition) is 7. The maximum Gasteiger partial charge on any atom is 0.264 e. The number of aliphatic hydroxyl groups excluding tert-OH is 1. The molecule has 1 fully saturated rings. The van der Waals surface area contributed by atoms with Crippen LogP contribution in [0.2, 0.25) is 18.6 Å². The lowest BCUT2D eigenvalue weighted by atomic mass is 9.82. The van der Waals surface area contributed by atoms with E-state index in [4.69, 9.17) is 4.74 Å². The van der Waals surface area contributed by atoms with E-state index in [1.54, 1.807) is 9.58 Å². The Kier molecular flexibility index (Phi) is 8.74. The minimum atomic E-state index is -2.80. The van der Waals surface area contributed by atoms with E-state index in [0.29, 0.717) is 37.3 Å². The van der Waals surface area contributed by atoms with Gasteiger partial charge >= 0.3 is 0 Å². The van der Waals surface area contributed by atoms with Crippen molar-refractivity contribution in [3.05, 3.63) is 108 Å². The number of nitrogens with one attached hydrogen (secondary N) is 2. The minimum Gasteiger partial charge on any atom is -0.432 e. The lowest BCUT2D eigenvalue weighted by Crippen LogP contribution is -2.46. The van der Waals surface area contributed by atoms with Gasteiger partial charge in [-0.3, -0.25) is 14.3 Å². The van der Waals surface area contributed by atoms with Crippen LogP contribution in [-0.4, -0.2) is 62.7 Å². The molecule has 7 rings (SSSR count). The Hall–Kier alpha value is -4.62. The molecule has 11 nitrogen and oxygen atoms in total. The zero-order valence-electron chi connectivity index (χ0n) is 28.0. The second kappa shape index (κ2) is 13.0. The summed E-state index contributed by atoms with van der Waals surface area (Å²) in [6, 6.07) is 23.3. The van der Waals surface area contributed by atoms with Gasteiger partial charge in [0, 0.05) is 65.6 Å². The van der Waals surface area contributed by atoms with E-state index in [1.165, 1.54) is 0 Å². The zero-order valence-corrected chi connectivity index (χ0v) is 29.0. The van der Waals surface area contributed by atoms with Gasteiger partial charge in [0.1, 0.15) is 0 Å². The Labute approximate surface area is 286 Å². The second-order valence-corrected chi connectivity index (χ2v) is 17.8. The van der Waals surface area contributed by atoms with Gasteiger partial charge in [-0.05, 0) is 54.9 Å². The van der Waals surface area contributed by atoms with Crippen molar-refractivity contribution >= 4 is 42.4 Å². The molecule has 1 saturated heterocycles. The molecule has 2 aliphatic rings. The average molecular weight is 679 g/mol. The highest BCUT2D eigenvalue weighted by molar-refractivity contribution is 6.71. The maximum atomic E-state index is 14.6. The summed E-state index contributed by atoms with van der Waals surface area (Å²) in [5.41, 5.74) is 4.46. The van der Waals surface area contributed by atoms with Gasteiger partial charge in [-0.25, -0.2) is 0 Å². The first-order valence-electron chi connectivity index (χ1n) is 16.8. The van der Waals surface area contributed by atoms with Gasteiger partial charge in [0.15, 0.2) is 13.9 Å². The van der Waals surface area contributed by atoms with E-state index in [2.05, 4.69) is 20.6 Å². The van der Waals surface area contributed by atoms with Crippen LogP contribution >= 0.6 is 0 Å². The third-order valence-electron chi connectivity index (χ3n) is 10.1. The van der Waals surface area contributed by atoms with Crippen LogP contribution < -0.4 is 10.2 Å². The van der Waals surface area contributed by atoms with Crippen molar-refractivity contribution in [2.24, 2.45) is 5.92 Å². The van der Waals surface area contributed by atoms with Crippen LogP contribution in [-0.2, 0) is 45.9 Å². The Morgan fingerprint density at radius 2 is 1.84 bits per heavy atom. The number of H-pyrrole nitrogens is 1. The van der Waals surface area contributed by atoms with Crippen LogP contribution in [0.25, 0.3) is 10.9 Å². The molecular weight excluding hydrogens is 637 g/mol. The molecule has 0 saturated carbocycles. The molecule has 0 bridgehead atoms. The number of aliphatic hydroxyl groups is 1. The first-order valence-corrected chi connectivity index (χ1v) is 19.9. The SMILES string of the molecule is C[C@H]1[C@H]([Si](C)(C)O)[C@@H](CCn2cc(CCO)nn2)O[C@]12C(=O)N(Cc1ccc(NC(=O)Cc3c[nH]c4ccccc34)cc1)c1ccccc12. The van der Waals surface area contributed by atoms with Crippen LogP contribution in [0.5, 0.6) is 0 Å². The molecule has 4 heterocycles. The fourth-order valence-electron chi connectivity index (χ4n) is 7.93. The summed E-state index contributed by atoms with van der Waals surface area (Å²) in [5, 5.41) is 21.6. The van der Waals surface area contributed by atoms with Crippen LogP contribution in [0.3, 0.4) is 0 Å². The Morgan fingerprint density at radius 3 is 2.61 bits per heavy atom. The number of rotatable bonds is 11. The molecule has 0 unspecified atom stereocenters. The number of aromatic amines is 1. The van der Waals surface area contributed by atoms with Gasteiger partial charge < -0.3 is 29.8 Å². The highest BCUT2D eigenvalue weighted by Crippen LogP contribution is 2.59. The van der Waals surface area contributed by atoms with Crippen molar-refractivity contribution in [1.29, 1.82) is 0 Å². The number of carbonyl (C=O) groups is 2. The summed E-state index contributed by atoms with van der Waals surface area (Å²) < 4.78 is 8.64. The lowest BCUT2D eigenvalue weighted by Gasteiger charge is -2.32.